The molecule has 0 spiro atoms. The number of nitrogens with zero attached hydrogens (tertiary/aromatic N) is 4. The smallest absolute Gasteiger partial charge is 0.254 e. The normalized spacial score (nSPS) is 18.3. The van der Waals surface area contributed by atoms with Crippen LogP contribution in [0.4, 0.5) is 5.95 Å². The highest BCUT2D eigenvalue weighted by Crippen LogP contribution is 2.35. The highest BCUT2D eigenvalue weighted by atomic mass is 16.2. The van der Waals surface area contributed by atoms with Crippen LogP contribution in [-0.2, 0) is 11.2 Å². The van der Waals surface area contributed by atoms with Gasteiger partial charge in [0.15, 0.2) is 0 Å². The molecule has 30 heavy (non-hydrogen) atoms. The van der Waals surface area contributed by atoms with Crippen LogP contribution in [0.1, 0.15) is 46.8 Å². The van der Waals surface area contributed by atoms with Crippen LogP contribution in [0.3, 0.4) is 0 Å². The molecule has 1 aromatic heterocycles. The van der Waals surface area contributed by atoms with Crippen molar-refractivity contribution in [3.05, 3.63) is 53.3 Å². The van der Waals surface area contributed by atoms with E-state index in [-0.39, 0.29) is 23.7 Å². The minimum atomic E-state index is -0.154. The Morgan fingerprint density at radius 1 is 1.17 bits per heavy atom. The third kappa shape index (κ3) is 4.61. The highest BCUT2D eigenvalue weighted by Gasteiger charge is 2.38. The number of likely N-dealkylation sites (tertiary alicyclic amines) is 1. The van der Waals surface area contributed by atoms with Gasteiger partial charge in [-0.3, -0.25) is 9.59 Å². The SMILES string of the molecule is CN(C)c1ncc(C(=O)NCCc2ccccc2)c(C2CCN(C(=O)C3CC3)C2)n1. The number of amides is 2. The fourth-order valence-electron chi connectivity index (χ4n) is 3.92. The molecule has 1 aliphatic heterocycles. The van der Waals surface area contributed by atoms with Gasteiger partial charge >= 0.3 is 0 Å². The molecule has 1 saturated heterocycles. The van der Waals surface area contributed by atoms with Crippen molar-refractivity contribution in [2.45, 2.75) is 31.6 Å². The molecule has 2 amide bonds. The zero-order chi connectivity index (χ0) is 21.1. The predicted octanol–water partition coefficient (Wildman–Crippen LogP) is 2.24. The van der Waals surface area contributed by atoms with E-state index in [4.69, 9.17) is 4.98 Å². The van der Waals surface area contributed by atoms with E-state index < -0.39 is 0 Å². The highest BCUT2D eigenvalue weighted by molar-refractivity contribution is 5.95. The Morgan fingerprint density at radius 2 is 1.93 bits per heavy atom. The van der Waals surface area contributed by atoms with Gasteiger partial charge in [-0.1, -0.05) is 30.3 Å². The molecular weight excluding hydrogens is 378 g/mol. The summed E-state index contributed by atoms with van der Waals surface area (Å²) < 4.78 is 0. The first-order valence-electron chi connectivity index (χ1n) is 10.7. The van der Waals surface area contributed by atoms with Gasteiger partial charge in [-0.25, -0.2) is 9.97 Å². The summed E-state index contributed by atoms with van der Waals surface area (Å²) in [4.78, 5) is 38.3. The summed E-state index contributed by atoms with van der Waals surface area (Å²) in [6.45, 7) is 1.91. The van der Waals surface area contributed by atoms with Crippen molar-refractivity contribution in [3.63, 3.8) is 0 Å². The van der Waals surface area contributed by atoms with Crippen molar-refractivity contribution in [1.29, 1.82) is 0 Å². The maximum absolute atomic E-state index is 12.9. The van der Waals surface area contributed by atoms with E-state index in [0.29, 0.717) is 24.6 Å². The molecule has 1 saturated carbocycles. The molecule has 0 radical (unpaired) electrons. The van der Waals surface area contributed by atoms with E-state index in [0.717, 1.165) is 37.9 Å². The lowest BCUT2D eigenvalue weighted by molar-refractivity contribution is -0.131. The summed E-state index contributed by atoms with van der Waals surface area (Å²) in [5.41, 5.74) is 2.44. The number of hydrogen-bond donors (Lipinski definition) is 1. The second-order valence-electron chi connectivity index (χ2n) is 8.40. The lowest BCUT2D eigenvalue weighted by Crippen LogP contribution is -2.31. The fraction of sp³-hybridized carbons (Fsp3) is 0.478. The molecule has 4 rings (SSSR count). The van der Waals surface area contributed by atoms with Crippen LogP contribution in [-0.4, -0.2) is 60.4 Å². The topological polar surface area (TPSA) is 78.4 Å². The van der Waals surface area contributed by atoms with Crippen molar-refractivity contribution < 1.29 is 9.59 Å². The van der Waals surface area contributed by atoms with E-state index in [1.54, 1.807) is 6.20 Å². The number of rotatable bonds is 7. The molecular formula is C23H29N5O2. The number of anilines is 1. The average Bonchev–Trinajstić information content (AvgIpc) is 3.49. The quantitative estimate of drug-likeness (QED) is 0.762. The predicted molar refractivity (Wildman–Crippen MR) is 116 cm³/mol. The monoisotopic (exact) mass is 407 g/mol. The molecule has 2 fully saturated rings. The molecule has 158 valence electrons. The summed E-state index contributed by atoms with van der Waals surface area (Å²) in [5.74, 6) is 0.959. The summed E-state index contributed by atoms with van der Waals surface area (Å²) >= 11 is 0. The Hall–Kier alpha value is -2.96. The van der Waals surface area contributed by atoms with Gasteiger partial charge in [0.05, 0.1) is 11.3 Å². The molecule has 1 N–H and O–H groups in total. The second-order valence-corrected chi connectivity index (χ2v) is 8.40. The number of aromatic nitrogens is 2. The van der Waals surface area contributed by atoms with Crippen molar-refractivity contribution in [3.8, 4) is 0 Å². The van der Waals surface area contributed by atoms with Crippen LogP contribution in [0.5, 0.6) is 0 Å². The molecule has 1 aliphatic carbocycles. The molecule has 0 bridgehead atoms. The first-order chi connectivity index (χ1) is 14.5. The third-order valence-corrected chi connectivity index (χ3v) is 5.81. The van der Waals surface area contributed by atoms with Gasteiger partial charge < -0.3 is 15.1 Å². The van der Waals surface area contributed by atoms with Gasteiger partial charge in [-0.15, -0.1) is 0 Å². The van der Waals surface area contributed by atoms with Gasteiger partial charge in [0.2, 0.25) is 11.9 Å². The molecule has 1 atom stereocenters. The molecule has 1 aromatic carbocycles. The zero-order valence-electron chi connectivity index (χ0n) is 17.7. The van der Waals surface area contributed by atoms with Gasteiger partial charge in [0.1, 0.15) is 0 Å². The number of benzene rings is 1. The molecule has 2 heterocycles. The molecule has 7 heteroatoms. The van der Waals surface area contributed by atoms with Crippen molar-refractivity contribution >= 4 is 17.8 Å². The van der Waals surface area contributed by atoms with Crippen LogP contribution < -0.4 is 10.2 Å². The largest absolute Gasteiger partial charge is 0.352 e. The average molecular weight is 408 g/mol. The Bertz CT molecular complexity index is 911. The van der Waals surface area contributed by atoms with Crippen molar-refractivity contribution in [2.75, 3.05) is 38.6 Å². The summed E-state index contributed by atoms with van der Waals surface area (Å²) in [7, 11) is 3.77. The van der Waals surface area contributed by atoms with Crippen LogP contribution in [0.15, 0.2) is 36.5 Å². The molecule has 7 nitrogen and oxygen atoms in total. The maximum Gasteiger partial charge on any atom is 0.254 e. The van der Waals surface area contributed by atoms with Gasteiger partial charge in [-0.05, 0) is 31.2 Å². The zero-order valence-corrected chi connectivity index (χ0v) is 17.7. The van der Waals surface area contributed by atoms with E-state index in [9.17, 15) is 9.59 Å². The fourth-order valence-corrected chi connectivity index (χ4v) is 3.92. The third-order valence-electron chi connectivity index (χ3n) is 5.81. The summed E-state index contributed by atoms with van der Waals surface area (Å²) in [6.07, 6.45) is 5.24. The maximum atomic E-state index is 12.9. The van der Waals surface area contributed by atoms with Crippen molar-refractivity contribution in [2.24, 2.45) is 5.92 Å². The standard InChI is InChI=1S/C23H29N5O2/c1-27(2)23-25-14-19(21(29)24-12-10-16-6-4-3-5-7-16)20(26-23)18-11-13-28(15-18)22(30)17-8-9-17/h3-7,14,17-18H,8-13,15H2,1-2H3,(H,24,29). The van der Waals surface area contributed by atoms with E-state index >= 15 is 0 Å². The number of carbonyl (C=O) groups is 2. The number of hydrogen-bond acceptors (Lipinski definition) is 5. The van der Waals surface area contributed by atoms with E-state index in [1.807, 2.05) is 42.1 Å². The minimum Gasteiger partial charge on any atom is -0.352 e. The van der Waals surface area contributed by atoms with Crippen LogP contribution in [0.2, 0.25) is 0 Å². The minimum absolute atomic E-state index is 0.0595. The van der Waals surface area contributed by atoms with Gasteiger partial charge in [-0.2, -0.15) is 0 Å². The molecule has 2 aliphatic rings. The van der Waals surface area contributed by atoms with Crippen LogP contribution in [0.25, 0.3) is 0 Å². The first kappa shape index (κ1) is 20.3. The Morgan fingerprint density at radius 3 is 2.63 bits per heavy atom. The number of nitrogens with one attached hydrogen (secondary N) is 1. The molecule has 2 aromatic rings. The van der Waals surface area contributed by atoms with Crippen LogP contribution in [0, 0.1) is 5.92 Å². The van der Waals surface area contributed by atoms with E-state index in [1.165, 1.54) is 5.56 Å². The van der Waals surface area contributed by atoms with Gasteiger partial charge in [0, 0.05) is 51.8 Å². The Labute approximate surface area is 177 Å². The number of carbonyl (C=O) groups excluding carboxylic acids is 2. The first-order valence-corrected chi connectivity index (χ1v) is 10.7. The second kappa shape index (κ2) is 8.81. The van der Waals surface area contributed by atoms with Crippen molar-refractivity contribution in [1.82, 2.24) is 20.2 Å². The Balaban J connectivity index is 1.48. The Kier molecular flexibility index (Phi) is 5.97. The molecule has 1 unspecified atom stereocenters. The summed E-state index contributed by atoms with van der Waals surface area (Å²) in [5, 5.41) is 3.01. The lowest BCUT2D eigenvalue weighted by atomic mass is 9.99. The lowest BCUT2D eigenvalue weighted by Gasteiger charge is -2.19. The van der Waals surface area contributed by atoms with E-state index in [2.05, 4.69) is 22.4 Å². The summed E-state index contributed by atoms with van der Waals surface area (Å²) in [6, 6.07) is 10.1. The van der Waals surface area contributed by atoms with Gasteiger partial charge in [0.25, 0.3) is 5.91 Å². The van der Waals surface area contributed by atoms with Crippen LogP contribution >= 0.6 is 0 Å².